The van der Waals surface area contributed by atoms with E-state index in [-0.39, 0.29) is 23.6 Å². The van der Waals surface area contributed by atoms with Crippen LogP contribution >= 0.6 is 0 Å². The average molecular weight is 330 g/mol. The highest BCUT2D eigenvalue weighted by atomic mass is 32.2. The van der Waals surface area contributed by atoms with Gasteiger partial charge in [0.25, 0.3) is 0 Å². The van der Waals surface area contributed by atoms with Crippen LogP contribution in [0.1, 0.15) is 6.92 Å². The molecule has 0 saturated carbocycles. The maximum Gasteiger partial charge on any atom is 0.417 e. The molecule has 0 amide bonds. The quantitative estimate of drug-likeness (QED) is 0.602. The van der Waals surface area contributed by atoms with E-state index in [4.69, 9.17) is 14.3 Å². The number of aromatic nitrogens is 1. The van der Waals surface area contributed by atoms with Crippen LogP contribution in [-0.4, -0.2) is 43.7 Å². The SMILES string of the molecule is CC(OCCNS(=O)(=O)c1ccc2[nH]c(=O)oc2c1)C(=O)O. The van der Waals surface area contributed by atoms with Gasteiger partial charge in [-0.15, -0.1) is 0 Å². The molecule has 3 N–H and O–H groups in total. The Hall–Kier alpha value is -2.17. The van der Waals surface area contributed by atoms with Crippen molar-refractivity contribution in [3.05, 3.63) is 28.7 Å². The molecule has 1 aromatic carbocycles. The summed E-state index contributed by atoms with van der Waals surface area (Å²) in [5, 5.41) is 8.62. The van der Waals surface area contributed by atoms with E-state index in [1.165, 1.54) is 25.1 Å². The van der Waals surface area contributed by atoms with Gasteiger partial charge in [0, 0.05) is 12.6 Å². The molecule has 0 fully saturated rings. The van der Waals surface area contributed by atoms with Gasteiger partial charge >= 0.3 is 11.7 Å². The zero-order valence-electron chi connectivity index (χ0n) is 11.5. The fourth-order valence-corrected chi connectivity index (χ4v) is 2.69. The Morgan fingerprint density at radius 2 is 2.23 bits per heavy atom. The predicted octanol–water partition coefficient (Wildman–Crippen LogP) is -0.111. The molecule has 120 valence electrons. The van der Waals surface area contributed by atoms with Crippen molar-refractivity contribution in [1.29, 1.82) is 0 Å². The molecule has 0 saturated heterocycles. The fourth-order valence-electron chi connectivity index (χ4n) is 1.66. The highest BCUT2D eigenvalue weighted by molar-refractivity contribution is 7.89. The van der Waals surface area contributed by atoms with Gasteiger partial charge in [-0.25, -0.2) is 22.7 Å². The Morgan fingerprint density at radius 3 is 2.91 bits per heavy atom. The van der Waals surface area contributed by atoms with Gasteiger partial charge in [-0.3, -0.25) is 4.98 Å². The lowest BCUT2D eigenvalue weighted by molar-refractivity contribution is -0.148. The van der Waals surface area contributed by atoms with Crippen molar-refractivity contribution in [3.8, 4) is 0 Å². The lowest BCUT2D eigenvalue weighted by atomic mass is 10.3. The van der Waals surface area contributed by atoms with Crippen molar-refractivity contribution in [2.75, 3.05) is 13.2 Å². The molecular formula is C12H14N2O7S. The first-order valence-corrected chi connectivity index (χ1v) is 7.75. The maximum absolute atomic E-state index is 12.0. The third-order valence-corrected chi connectivity index (χ3v) is 4.27. The minimum Gasteiger partial charge on any atom is -0.479 e. The second kappa shape index (κ2) is 6.30. The third-order valence-electron chi connectivity index (χ3n) is 2.81. The standard InChI is InChI=1S/C12H14N2O7S/c1-7(11(15)16)20-5-4-13-22(18,19)8-2-3-9-10(6-8)21-12(17)14-9/h2-3,6-7,13H,4-5H2,1H3,(H,14,17)(H,15,16). The summed E-state index contributed by atoms with van der Waals surface area (Å²) < 4.78 is 36.1. The Kier molecular flexibility index (Phi) is 4.64. The van der Waals surface area contributed by atoms with Crippen LogP contribution in [0.2, 0.25) is 0 Å². The molecule has 0 aliphatic heterocycles. The summed E-state index contributed by atoms with van der Waals surface area (Å²) in [6, 6.07) is 3.95. The maximum atomic E-state index is 12.0. The molecule has 1 unspecified atom stereocenters. The zero-order valence-corrected chi connectivity index (χ0v) is 12.3. The number of rotatable bonds is 7. The number of aliphatic carboxylic acids is 1. The van der Waals surface area contributed by atoms with Crippen molar-refractivity contribution in [2.45, 2.75) is 17.9 Å². The summed E-state index contributed by atoms with van der Waals surface area (Å²) in [7, 11) is -3.81. The Balaban J connectivity index is 2.02. The molecule has 1 atom stereocenters. The number of hydrogen-bond donors (Lipinski definition) is 3. The Bertz CT molecular complexity index is 837. The molecule has 1 aromatic heterocycles. The summed E-state index contributed by atoms with van der Waals surface area (Å²) >= 11 is 0. The molecule has 10 heteroatoms. The summed E-state index contributed by atoms with van der Waals surface area (Å²) in [6.07, 6.45) is -1.02. The second-order valence-electron chi connectivity index (χ2n) is 4.42. The zero-order chi connectivity index (χ0) is 16.3. The summed E-state index contributed by atoms with van der Waals surface area (Å²) in [5.41, 5.74) is 0.520. The molecule has 0 radical (unpaired) electrons. The van der Waals surface area contributed by atoms with Crippen LogP contribution in [-0.2, 0) is 19.6 Å². The van der Waals surface area contributed by atoms with Gasteiger partial charge in [-0.2, -0.15) is 0 Å². The normalized spacial score (nSPS) is 13.3. The average Bonchev–Trinajstić information content (AvgIpc) is 2.82. The first-order chi connectivity index (χ1) is 10.3. The first kappa shape index (κ1) is 16.2. The number of carboxylic acid groups (broad SMARTS) is 1. The van der Waals surface area contributed by atoms with Gasteiger partial charge in [0.15, 0.2) is 11.7 Å². The number of carboxylic acids is 1. The molecule has 2 rings (SSSR count). The van der Waals surface area contributed by atoms with E-state index in [1.807, 2.05) is 0 Å². The van der Waals surface area contributed by atoms with Crippen molar-refractivity contribution < 1.29 is 27.5 Å². The van der Waals surface area contributed by atoms with E-state index in [9.17, 15) is 18.0 Å². The predicted molar refractivity (Wildman–Crippen MR) is 75.1 cm³/mol. The lowest BCUT2D eigenvalue weighted by Gasteiger charge is -2.09. The number of fused-ring (bicyclic) bond motifs is 1. The summed E-state index contributed by atoms with van der Waals surface area (Å²) in [5.74, 6) is -1.80. The van der Waals surface area contributed by atoms with Gasteiger partial charge in [-0.1, -0.05) is 0 Å². The van der Waals surface area contributed by atoms with Crippen LogP contribution in [0.15, 0.2) is 32.3 Å². The molecule has 0 bridgehead atoms. The van der Waals surface area contributed by atoms with E-state index in [0.717, 1.165) is 0 Å². The number of benzene rings is 1. The molecule has 9 nitrogen and oxygen atoms in total. The molecular weight excluding hydrogens is 316 g/mol. The first-order valence-electron chi connectivity index (χ1n) is 6.26. The van der Waals surface area contributed by atoms with E-state index in [0.29, 0.717) is 5.52 Å². The highest BCUT2D eigenvalue weighted by Gasteiger charge is 2.16. The van der Waals surface area contributed by atoms with Crippen LogP contribution < -0.4 is 10.5 Å². The van der Waals surface area contributed by atoms with Crippen LogP contribution in [0.25, 0.3) is 11.1 Å². The molecule has 0 aliphatic carbocycles. The molecule has 22 heavy (non-hydrogen) atoms. The van der Waals surface area contributed by atoms with Gasteiger partial charge in [0.05, 0.1) is 17.0 Å². The Labute approximate surface area is 124 Å². The largest absolute Gasteiger partial charge is 0.479 e. The number of oxazole rings is 1. The minimum absolute atomic E-state index is 0.0750. The second-order valence-corrected chi connectivity index (χ2v) is 6.19. The van der Waals surface area contributed by atoms with E-state index in [2.05, 4.69) is 9.71 Å². The Morgan fingerprint density at radius 1 is 1.50 bits per heavy atom. The smallest absolute Gasteiger partial charge is 0.417 e. The molecule has 0 spiro atoms. The number of aromatic amines is 1. The van der Waals surface area contributed by atoms with Crippen LogP contribution in [0, 0.1) is 0 Å². The van der Waals surface area contributed by atoms with Crippen molar-refractivity contribution in [2.24, 2.45) is 0 Å². The van der Waals surface area contributed by atoms with Crippen LogP contribution in [0.5, 0.6) is 0 Å². The van der Waals surface area contributed by atoms with E-state index >= 15 is 0 Å². The minimum atomic E-state index is -3.81. The van der Waals surface area contributed by atoms with Crippen molar-refractivity contribution in [1.82, 2.24) is 9.71 Å². The van der Waals surface area contributed by atoms with Crippen LogP contribution in [0.4, 0.5) is 0 Å². The summed E-state index contributed by atoms with van der Waals surface area (Å²) in [6.45, 7) is 1.17. The molecule has 1 heterocycles. The topological polar surface area (TPSA) is 139 Å². The van der Waals surface area contributed by atoms with Crippen LogP contribution in [0.3, 0.4) is 0 Å². The van der Waals surface area contributed by atoms with Gasteiger partial charge in [-0.05, 0) is 19.1 Å². The van der Waals surface area contributed by atoms with E-state index in [1.54, 1.807) is 0 Å². The number of sulfonamides is 1. The lowest BCUT2D eigenvalue weighted by Crippen LogP contribution is -2.30. The van der Waals surface area contributed by atoms with Gasteiger partial charge in [0.2, 0.25) is 10.0 Å². The number of hydrogen-bond acceptors (Lipinski definition) is 6. The monoisotopic (exact) mass is 330 g/mol. The van der Waals surface area contributed by atoms with Crippen molar-refractivity contribution >= 4 is 27.1 Å². The fraction of sp³-hybridized carbons (Fsp3) is 0.333. The third kappa shape index (κ3) is 3.72. The van der Waals surface area contributed by atoms with Crippen molar-refractivity contribution in [3.63, 3.8) is 0 Å². The molecule has 0 aliphatic rings. The number of ether oxygens (including phenoxy) is 1. The van der Waals surface area contributed by atoms with E-state index < -0.39 is 27.9 Å². The highest BCUT2D eigenvalue weighted by Crippen LogP contribution is 2.16. The van der Waals surface area contributed by atoms with Gasteiger partial charge in [0.1, 0.15) is 0 Å². The number of H-pyrrole nitrogens is 1. The number of carbonyl (C=O) groups is 1. The summed E-state index contributed by atoms with van der Waals surface area (Å²) in [4.78, 5) is 23.9. The molecule has 2 aromatic rings. The number of nitrogens with one attached hydrogen (secondary N) is 2. The van der Waals surface area contributed by atoms with Gasteiger partial charge < -0.3 is 14.3 Å².